The molecule has 0 aliphatic carbocycles. The smallest absolute Gasteiger partial charge is 0.271 e. The van der Waals surface area contributed by atoms with Crippen LogP contribution in [0.25, 0.3) is 11.3 Å². The third-order valence-electron chi connectivity index (χ3n) is 4.75. The van der Waals surface area contributed by atoms with E-state index in [0.29, 0.717) is 21.9 Å². The molecule has 3 aromatic carbocycles. The summed E-state index contributed by atoms with van der Waals surface area (Å²) >= 11 is 10.8. The van der Waals surface area contributed by atoms with E-state index in [2.05, 4.69) is 36.8 Å². The highest BCUT2D eigenvalue weighted by molar-refractivity contribution is 9.10. The number of carbonyl (C=O) groups excluding carboxylic acids is 2. The highest BCUT2D eigenvalue weighted by Gasteiger charge is 2.09. The maximum Gasteiger partial charge on any atom is 0.271 e. The van der Waals surface area contributed by atoms with Crippen molar-refractivity contribution in [3.05, 3.63) is 92.7 Å². The number of hydrazone groups is 1. The standard InChI is InChI=1S/C25H19BrClN5O3S/c26-18-5-10-22(35-13-23(28)33)17(11-18)12-29-32-24(34)16-3-1-15(2-4-16)21-14-36-25(31-21)30-20-8-6-19(27)7-9-20/h1-12,14H,13H2,(H2,28,33)(H,30,31)(H,32,34)/b29-12-. The minimum absolute atomic E-state index is 0.265. The molecule has 4 aromatic rings. The number of hydrogen-bond acceptors (Lipinski definition) is 7. The number of primary amides is 1. The van der Waals surface area contributed by atoms with Gasteiger partial charge in [-0.25, -0.2) is 10.4 Å². The van der Waals surface area contributed by atoms with E-state index in [0.717, 1.165) is 26.5 Å². The number of hydrogen-bond donors (Lipinski definition) is 3. The topological polar surface area (TPSA) is 119 Å². The van der Waals surface area contributed by atoms with Crippen LogP contribution in [0.4, 0.5) is 10.8 Å². The fourth-order valence-corrected chi connectivity index (χ4v) is 4.28. The second kappa shape index (κ2) is 11.8. The molecule has 36 heavy (non-hydrogen) atoms. The van der Waals surface area contributed by atoms with E-state index in [1.54, 1.807) is 30.3 Å². The van der Waals surface area contributed by atoms with Gasteiger partial charge in [0.15, 0.2) is 11.7 Å². The summed E-state index contributed by atoms with van der Waals surface area (Å²) in [4.78, 5) is 28.1. The number of ether oxygens (including phenoxy) is 1. The molecular weight excluding hydrogens is 566 g/mol. The number of thiazole rings is 1. The summed E-state index contributed by atoms with van der Waals surface area (Å²) in [5.41, 5.74) is 11.2. The first-order valence-corrected chi connectivity index (χ1v) is 12.5. The molecule has 182 valence electrons. The molecule has 0 saturated carbocycles. The summed E-state index contributed by atoms with van der Waals surface area (Å²) in [6.07, 6.45) is 1.43. The van der Waals surface area contributed by atoms with Crippen LogP contribution >= 0.6 is 38.9 Å². The third-order valence-corrected chi connectivity index (χ3v) is 6.26. The van der Waals surface area contributed by atoms with Crippen LogP contribution in [0.5, 0.6) is 5.75 Å². The van der Waals surface area contributed by atoms with Gasteiger partial charge in [0.05, 0.1) is 11.9 Å². The van der Waals surface area contributed by atoms with Crippen LogP contribution in [-0.2, 0) is 4.79 Å². The Bertz CT molecular complexity index is 1410. The number of amides is 2. The molecule has 0 radical (unpaired) electrons. The van der Waals surface area contributed by atoms with Gasteiger partial charge >= 0.3 is 0 Å². The summed E-state index contributed by atoms with van der Waals surface area (Å²) < 4.78 is 6.16. The maximum absolute atomic E-state index is 12.5. The summed E-state index contributed by atoms with van der Waals surface area (Å²) in [5, 5.41) is 10.6. The van der Waals surface area contributed by atoms with Crippen LogP contribution in [0.3, 0.4) is 0 Å². The van der Waals surface area contributed by atoms with E-state index >= 15 is 0 Å². The fraction of sp³-hybridized carbons (Fsp3) is 0.0400. The monoisotopic (exact) mass is 583 g/mol. The van der Waals surface area contributed by atoms with Crippen molar-refractivity contribution in [1.82, 2.24) is 10.4 Å². The first-order valence-electron chi connectivity index (χ1n) is 10.5. The lowest BCUT2D eigenvalue weighted by Crippen LogP contribution is -2.20. The molecule has 4 rings (SSSR count). The van der Waals surface area contributed by atoms with Gasteiger partial charge < -0.3 is 15.8 Å². The number of carbonyl (C=O) groups is 2. The molecule has 0 atom stereocenters. The second-order valence-corrected chi connectivity index (χ2v) is 9.59. The molecule has 4 N–H and O–H groups in total. The molecule has 0 aliphatic heterocycles. The second-order valence-electron chi connectivity index (χ2n) is 7.38. The van der Waals surface area contributed by atoms with Crippen molar-refractivity contribution in [2.75, 3.05) is 11.9 Å². The molecule has 1 aromatic heterocycles. The van der Waals surface area contributed by atoms with Crippen LogP contribution in [0.2, 0.25) is 5.02 Å². The molecule has 2 amide bonds. The van der Waals surface area contributed by atoms with Gasteiger partial charge in [0.1, 0.15) is 5.75 Å². The number of rotatable bonds is 9. The zero-order chi connectivity index (χ0) is 25.5. The van der Waals surface area contributed by atoms with Crippen LogP contribution in [0.15, 0.2) is 81.7 Å². The minimum atomic E-state index is -0.593. The highest BCUT2D eigenvalue weighted by Crippen LogP contribution is 2.28. The van der Waals surface area contributed by atoms with Crippen molar-refractivity contribution in [3.63, 3.8) is 0 Å². The zero-order valence-electron chi connectivity index (χ0n) is 18.6. The Morgan fingerprint density at radius 2 is 1.86 bits per heavy atom. The number of nitrogens with zero attached hydrogens (tertiary/aromatic N) is 2. The number of benzene rings is 3. The highest BCUT2D eigenvalue weighted by atomic mass is 79.9. The van der Waals surface area contributed by atoms with Crippen LogP contribution in [0.1, 0.15) is 15.9 Å². The SMILES string of the molecule is NC(=O)COc1ccc(Br)cc1/C=N\NC(=O)c1ccc(-c2csc(Nc3ccc(Cl)cc3)n2)cc1. The molecule has 11 heteroatoms. The molecule has 0 saturated heterocycles. The Morgan fingerprint density at radius 1 is 1.11 bits per heavy atom. The molecular formula is C25H19BrClN5O3S. The molecule has 0 aliphatic rings. The minimum Gasteiger partial charge on any atom is -0.483 e. The fourth-order valence-electron chi connectivity index (χ4n) is 3.04. The van der Waals surface area contributed by atoms with Crippen LogP contribution in [0, 0.1) is 0 Å². The van der Waals surface area contributed by atoms with Gasteiger partial charge in [-0.05, 0) is 54.6 Å². The Kier molecular flexibility index (Phi) is 8.32. The maximum atomic E-state index is 12.5. The first kappa shape index (κ1) is 25.4. The van der Waals surface area contributed by atoms with Crippen molar-refractivity contribution < 1.29 is 14.3 Å². The lowest BCUT2D eigenvalue weighted by atomic mass is 10.1. The lowest BCUT2D eigenvalue weighted by molar-refractivity contribution is -0.119. The van der Waals surface area contributed by atoms with Gasteiger partial charge in [-0.2, -0.15) is 5.10 Å². The predicted octanol–water partition coefficient (Wildman–Crippen LogP) is 5.60. The van der Waals surface area contributed by atoms with Gasteiger partial charge in [-0.15, -0.1) is 11.3 Å². The predicted molar refractivity (Wildman–Crippen MR) is 146 cm³/mol. The van der Waals surface area contributed by atoms with Gasteiger partial charge in [-0.3, -0.25) is 9.59 Å². The van der Waals surface area contributed by atoms with E-state index in [1.807, 2.05) is 41.8 Å². The van der Waals surface area contributed by atoms with E-state index in [4.69, 9.17) is 22.1 Å². The molecule has 0 bridgehead atoms. The number of halogens is 2. The van der Waals surface area contributed by atoms with Crippen LogP contribution in [-0.4, -0.2) is 29.6 Å². The summed E-state index contributed by atoms with van der Waals surface area (Å²) in [6.45, 7) is -0.265. The lowest BCUT2D eigenvalue weighted by Gasteiger charge is -2.07. The van der Waals surface area contributed by atoms with Crippen molar-refractivity contribution in [2.45, 2.75) is 0 Å². The van der Waals surface area contributed by atoms with Crippen molar-refractivity contribution in [2.24, 2.45) is 10.8 Å². The molecule has 0 fully saturated rings. The van der Waals surface area contributed by atoms with Gasteiger partial charge in [-0.1, -0.05) is 39.7 Å². The Hall–Kier alpha value is -3.73. The number of nitrogens with two attached hydrogens (primary N) is 1. The van der Waals surface area contributed by atoms with Crippen molar-refractivity contribution >= 4 is 67.7 Å². The number of nitrogens with one attached hydrogen (secondary N) is 2. The van der Waals surface area contributed by atoms with Crippen molar-refractivity contribution in [3.8, 4) is 17.0 Å². The Morgan fingerprint density at radius 3 is 2.58 bits per heavy atom. The molecule has 1 heterocycles. The van der Waals surface area contributed by atoms with E-state index in [1.165, 1.54) is 17.6 Å². The zero-order valence-corrected chi connectivity index (χ0v) is 21.7. The van der Waals surface area contributed by atoms with E-state index < -0.39 is 5.91 Å². The van der Waals surface area contributed by atoms with E-state index in [-0.39, 0.29) is 12.5 Å². The van der Waals surface area contributed by atoms with E-state index in [9.17, 15) is 9.59 Å². The Labute approximate surface area is 224 Å². The first-order chi connectivity index (χ1) is 17.4. The molecule has 8 nitrogen and oxygen atoms in total. The molecule has 0 unspecified atom stereocenters. The summed E-state index contributed by atoms with van der Waals surface area (Å²) in [5.74, 6) is -0.562. The largest absolute Gasteiger partial charge is 0.483 e. The summed E-state index contributed by atoms with van der Waals surface area (Å²) in [6, 6.07) is 19.6. The average molecular weight is 585 g/mol. The van der Waals surface area contributed by atoms with Crippen molar-refractivity contribution in [1.29, 1.82) is 0 Å². The number of anilines is 2. The van der Waals surface area contributed by atoms with Gasteiger partial charge in [0, 0.05) is 37.3 Å². The van der Waals surface area contributed by atoms with Crippen LogP contribution < -0.4 is 21.2 Å². The third kappa shape index (κ3) is 6.91. The average Bonchev–Trinajstić information content (AvgIpc) is 3.33. The number of aromatic nitrogens is 1. The summed E-state index contributed by atoms with van der Waals surface area (Å²) in [7, 11) is 0. The van der Waals surface area contributed by atoms with Gasteiger partial charge in [0.25, 0.3) is 11.8 Å². The Balaban J connectivity index is 1.38. The normalized spacial score (nSPS) is 10.8. The van der Waals surface area contributed by atoms with Gasteiger partial charge in [0.2, 0.25) is 0 Å². The quantitative estimate of drug-likeness (QED) is 0.175. The molecule has 0 spiro atoms.